The number of nitrogens with two attached hydrogens (primary N) is 1. The SMILES string of the molecule is CC(=O)O[C@H]1CC[C@H](N)C1. The first-order valence-corrected chi connectivity index (χ1v) is 3.61. The lowest BCUT2D eigenvalue weighted by Crippen LogP contribution is -2.18. The Morgan fingerprint density at radius 1 is 1.60 bits per heavy atom. The lowest BCUT2D eigenvalue weighted by Gasteiger charge is -2.08. The Balaban J connectivity index is 2.24. The van der Waals surface area contributed by atoms with Crippen LogP contribution in [0.25, 0.3) is 0 Å². The van der Waals surface area contributed by atoms with Crippen LogP contribution in [0.4, 0.5) is 0 Å². The third-order valence-corrected chi connectivity index (χ3v) is 1.76. The molecule has 0 radical (unpaired) electrons. The number of carbonyl (C=O) groups excluding carboxylic acids is 1. The summed E-state index contributed by atoms with van der Waals surface area (Å²) >= 11 is 0. The van der Waals surface area contributed by atoms with E-state index in [2.05, 4.69) is 0 Å². The number of hydrogen-bond donors (Lipinski definition) is 1. The molecule has 0 aromatic carbocycles. The highest BCUT2D eigenvalue weighted by molar-refractivity contribution is 5.66. The van der Waals surface area contributed by atoms with Crippen molar-refractivity contribution in [2.45, 2.75) is 38.3 Å². The minimum atomic E-state index is -0.195. The van der Waals surface area contributed by atoms with Crippen LogP contribution in [0.5, 0.6) is 0 Å². The molecule has 10 heavy (non-hydrogen) atoms. The standard InChI is InChI=1S/C7H13NO2/c1-5(9)10-7-3-2-6(8)4-7/h6-7H,2-4,8H2,1H3/t6-,7-/m0/s1. The number of esters is 1. The molecule has 2 N–H and O–H groups in total. The van der Waals surface area contributed by atoms with Gasteiger partial charge in [0.15, 0.2) is 0 Å². The highest BCUT2D eigenvalue weighted by Crippen LogP contribution is 2.20. The largest absolute Gasteiger partial charge is 0.463 e. The van der Waals surface area contributed by atoms with Crippen molar-refractivity contribution in [2.24, 2.45) is 5.73 Å². The summed E-state index contributed by atoms with van der Waals surface area (Å²) in [6.07, 6.45) is 2.84. The van der Waals surface area contributed by atoms with E-state index in [-0.39, 0.29) is 18.1 Å². The molecule has 2 atom stereocenters. The Morgan fingerprint density at radius 2 is 2.30 bits per heavy atom. The molecule has 58 valence electrons. The fraction of sp³-hybridized carbons (Fsp3) is 0.857. The molecule has 0 spiro atoms. The van der Waals surface area contributed by atoms with E-state index in [0.29, 0.717) is 0 Å². The van der Waals surface area contributed by atoms with Gasteiger partial charge < -0.3 is 10.5 Å². The van der Waals surface area contributed by atoms with E-state index in [1.54, 1.807) is 0 Å². The highest BCUT2D eigenvalue weighted by Gasteiger charge is 2.23. The van der Waals surface area contributed by atoms with Crippen LogP contribution in [-0.2, 0) is 9.53 Å². The summed E-state index contributed by atoms with van der Waals surface area (Å²) in [4.78, 5) is 10.4. The Labute approximate surface area is 60.5 Å². The third kappa shape index (κ3) is 1.99. The van der Waals surface area contributed by atoms with Crippen LogP contribution >= 0.6 is 0 Å². The van der Waals surface area contributed by atoms with Crippen LogP contribution in [0, 0.1) is 0 Å². The fourth-order valence-electron chi connectivity index (χ4n) is 1.32. The van der Waals surface area contributed by atoms with Gasteiger partial charge in [-0.15, -0.1) is 0 Å². The first kappa shape index (κ1) is 7.54. The van der Waals surface area contributed by atoms with Crippen LogP contribution in [0.15, 0.2) is 0 Å². The molecule has 0 aliphatic heterocycles. The molecule has 1 fully saturated rings. The molecule has 0 unspecified atom stereocenters. The number of hydrogen-bond acceptors (Lipinski definition) is 3. The Hall–Kier alpha value is -0.570. The predicted octanol–water partition coefficient (Wildman–Crippen LogP) is 0.429. The van der Waals surface area contributed by atoms with Gasteiger partial charge in [-0.1, -0.05) is 0 Å². The molecule has 0 heterocycles. The molecule has 1 rings (SSSR count). The third-order valence-electron chi connectivity index (χ3n) is 1.76. The summed E-state index contributed by atoms with van der Waals surface area (Å²) in [5.74, 6) is -0.195. The number of ether oxygens (including phenoxy) is 1. The van der Waals surface area contributed by atoms with Crippen molar-refractivity contribution in [3.05, 3.63) is 0 Å². The molecule has 0 saturated heterocycles. The molecule has 0 aromatic rings. The van der Waals surface area contributed by atoms with Gasteiger partial charge >= 0.3 is 5.97 Å². The second-order valence-electron chi connectivity index (χ2n) is 2.80. The molecule has 1 aliphatic rings. The van der Waals surface area contributed by atoms with Gasteiger partial charge in [0.25, 0.3) is 0 Å². The van der Waals surface area contributed by atoms with E-state index in [1.807, 2.05) is 0 Å². The van der Waals surface area contributed by atoms with Crippen LogP contribution in [0.2, 0.25) is 0 Å². The van der Waals surface area contributed by atoms with Crippen molar-refractivity contribution in [3.63, 3.8) is 0 Å². The van der Waals surface area contributed by atoms with Crippen LogP contribution < -0.4 is 5.73 Å². The molecular weight excluding hydrogens is 130 g/mol. The summed E-state index contributed by atoms with van der Waals surface area (Å²) < 4.78 is 4.96. The maximum Gasteiger partial charge on any atom is 0.302 e. The van der Waals surface area contributed by atoms with Gasteiger partial charge in [0.1, 0.15) is 6.10 Å². The average Bonchev–Trinajstić information content (AvgIpc) is 2.13. The van der Waals surface area contributed by atoms with E-state index in [1.165, 1.54) is 6.92 Å². The van der Waals surface area contributed by atoms with E-state index in [4.69, 9.17) is 10.5 Å². The van der Waals surface area contributed by atoms with Crippen LogP contribution in [0.1, 0.15) is 26.2 Å². The zero-order chi connectivity index (χ0) is 7.56. The van der Waals surface area contributed by atoms with Crippen LogP contribution in [0.3, 0.4) is 0 Å². The Morgan fingerprint density at radius 3 is 2.70 bits per heavy atom. The first-order valence-electron chi connectivity index (χ1n) is 3.61. The topological polar surface area (TPSA) is 52.3 Å². The van der Waals surface area contributed by atoms with Gasteiger partial charge in [-0.3, -0.25) is 4.79 Å². The lowest BCUT2D eigenvalue weighted by atomic mass is 10.3. The zero-order valence-corrected chi connectivity index (χ0v) is 6.17. The van der Waals surface area contributed by atoms with E-state index in [9.17, 15) is 4.79 Å². The van der Waals surface area contributed by atoms with Gasteiger partial charge in [0.2, 0.25) is 0 Å². The van der Waals surface area contributed by atoms with Gasteiger partial charge in [0.05, 0.1) is 0 Å². The minimum Gasteiger partial charge on any atom is -0.463 e. The van der Waals surface area contributed by atoms with E-state index >= 15 is 0 Å². The summed E-state index contributed by atoms with van der Waals surface area (Å²) in [6.45, 7) is 1.43. The maximum absolute atomic E-state index is 10.4. The maximum atomic E-state index is 10.4. The summed E-state index contributed by atoms with van der Waals surface area (Å²) in [7, 11) is 0. The van der Waals surface area contributed by atoms with Crippen molar-refractivity contribution < 1.29 is 9.53 Å². The average molecular weight is 143 g/mol. The lowest BCUT2D eigenvalue weighted by molar-refractivity contribution is -0.145. The molecule has 3 nitrogen and oxygen atoms in total. The van der Waals surface area contributed by atoms with Gasteiger partial charge in [-0.25, -0.2) is 0 Å². The van der Waals surface area contributed by atoms with Gasteiger partial charge in [0, 0.05) is 13.0 Å². The quantitative estimate of drug-likeness (QED) is 0.541. The fourth-order valence-corrected chi connectivity index (χ4v) is 1.32. The van der Waals surface area contributed by atoms with Gasteiger partial charge in [-0.05, 0) is 19.3 Å². The van der Waals surface area contributed by atoms with Crippen molar-refractivity contribution in [2.75, 3.05) is 0 Å². The van der Waals surface area contributed by atoms with Gasteiger partial charge in [-0.2, -0.15) is 0 Å². The van der Waals surface area contributed by atoms with E-state index in [0.717, 1.165) is 19.3 Å². The second kappa shape index (κ2) is 3.01. The minimum absolute atomic E-state index is 0.0903. The summed E-state index contributed by atoms with van der Waals surface area (Å²) in [6, 6.07) is 0.240. The van der Waals surface area contributed by atoms with Crippen molar-refractivity contribution in [3.8, 4) is 0 Å². The number of carbonyl (C=O) groups is 1. The van der Waals surface area contributed by atoms with Crippen molar-refractivity contribution >= 4 is 5.97 Å². The van der Waals surface area contributed by atoms with E-state index < -0.39 is 0 Å². The smallest absolute Gasteiger partial charge is 0.302 e. The molecule has 3 heteroatoms. The first-order chi connectivity index (χ1) is 4.68. The molecule has 0 aromatic heterocycles. The van der Waals surface area contributed by atoms with Crippen molar-refractivity contribution in [1.82, 2.24) is 0 Å². The molecule has 0 bridgehead atoms. The molecular formula is C7H13NO2. The Kier molecular flexibility index (Phi) is 2.27. The monoisotopic (exact) mass is 143 g/mol. The normalized spacial score (nSPS) is 32.2. The number of rotatable bonds is 1. The Bertz CT molecular complexity index is 136. The summed E-state index contributed by atoms with van der Waals surface area (Å²) in [5.41, 5.74) is 5.61. The molecule has 0 amide bonds. The highest BCUT2D eigenvalue weighted by atomic mass is 16.5. The molecule has 1 aliphatic carbocycles. The predicted molar refractivity (Wildman–Crippen MR) is 37.4 cm³/mol. The summed E-state index contributed by atoms with van der Waals surface area (Å²) in [5, 5.41) is 0. The van der Waals surface area contributed by atoms with Crippen molar-refractivity contribution in [1.29, 1.82) is 0 Å². The van der Waals surface area contributed by atoms with Crippen LogP contribution in [-0.4, -0.2) is 18.1 Å². The second-order valence-corrected chi connectivity index (χ2v) is 2.80. The molecule has 1 saturated carbocycles. The zero-order valence-electron chi connectivity index (χ0n) is 6.17.